The van der Waals surface area contributed by atoms with Crippen LogP contribution in [0, 0.1) is 0 Å². The molecule has 0 saturated carbocycles. The van der Waals surface area contributed by atoms with E-state index in [1.165, 1.54) is 58.5 Å². The predicted molar refractivity (Wildman–Crippen MR) is 106 cm³/mol. The monoisotopic (exact) mass is 364 g/mol. The Morgan fingerprint density at radius 2 is 1.50 bits per heavy atom. The minimum Gasteiger partial charge on any atom is -0.493 e. The minimum absolute atomic E-state index is 0.297. The normalized spacial score (nSPS) is 12.0. The van der Waals surface area contributed by atoms with E-state index in [0.29, 0.717) is 24.3 Å². The second-order valence-electron chi connectivity index (χ2n) is 6.92. The second kappa shape index (κ2) is 14.6. The Bertz CT molecular complexity index is 470. The Labute approximate surface area is 158 Å². The van der Waals surface area contributed by atoms with Crippen molar-refractivity contribution in [2.45, 2.75) is 83.7 Å². The van der Waals surface area contributed by atoms with E-state index in [2.05, 4.69) is 11.7 Å². The van der Waals surface area contributed by atoms with Crippen molar-refractivity contribution in [3.63, 3.8) is 0 Å². The lowest BCUT2D eigenvalue weighted by Gasteiger charge is -2.12. The zero-order chi connectivity index (χ0) is 19.0. The molecule has 0 aliphatic heterocycles. The van der Waals surface area contributed by atoms with Gasteiger partial charge in [0.05, 0.1) is 25.4 Å². The van der Waals surface area contributed by atoms with Crippen LogP contribution in [0.2, 0.25) is 0 Å². The number of ether oxygens (including phenoxy) is 2. The molecule has 0 fully saturated rings. The van der Waals surface area contributed by atoms with E-state index in [0.717, 1.165) is 12.8 Å². The van der Waals surface area contributed by atoms with E-state index in [9.17, 15) is 9.90 Å². The van der Waals surface area contributed by atoms with Gasteiger partial charge in [0.15, 0.2) is 0 Å². The summed E-state index contributed by atoms with van der Waals surface area (Å²) in [5.74, 6) is 0.348. The number of carbonyl (C=O) groups excluding carboxylic acids is 1. The average molecular weight is 365 g/mol. The minimum atomic E-state index is -0.354. The Hall–Kier alpha value is -1.55. The fourth-order valence-corrected chi connectivity index (χ4v) is 2.95. The van der Waals surface area contributed by atoms with Gasteiger partial charge in [-0.15, -0.1) is 0 Å². The Balaban J connectivity index is 2.01. The molecule has 1 atom stereocenters. The number of hydrogen-bond acceptors (Lipinski definition) is 4. The van der Waals surface area contributed by atoms with Crippen LogP contribution in [-0.2, 0) is 4.74 Å². The number of carbonyl (C=O) groups is 1. The molecule has 1 aromatic carbocycles. The first-order chi connectivity index (χ1) is 12.7. The van der Waals surface area contributed by atoms with Crippen LogP contribution in [0.1, 0.15) is 87.9 Å². The Morgan fingerprint density at radius 3 is 2.08 bits per heavy atom. The highest BCUT2D eigenvalue weighted by Crippen LogP contribution is 2.15. The molecule has 0 amide bonds. The maximum Gasteiger partial charge on any atom is 0.337 e. The predicted octanol–water partition coefficient (Wildman–Crippen LogP) is 5.52. The average Bonchev–Trinajstić information content (AvgIpc) is 2.66. The number of aliphatic hydroxyl groups is 1. The number of esters is 1. The first-order valence-electron chi connectivity index (χ1n) is 10.2. The molecule has 4 nitrogen and oxygen atoms in total. The topological polar surface area (TPSA) is 55.8 Å². The van der Waals surface area contributed by atoms with E-state index in [4.69, 9.17) is 4.74 Å². The third kappa shape index (κ3) is 10.4. The van der Waals surface area contributed by atoms with Crippen LogP contribution in [0.3, 0.4) is 0 Å². The van der Waals surface area contributed by atoms with Crippen LogP contribution < -0.4 is 4.74 Å². The third-order valence-electron chi connectivity index (χ3n) is 4.64. The van der Waals surface area contributed by atoms with Crippen molar-refractivity contribution in [3.05, 3.63) is 29.8 Å². The van der Waals surface area contributed by atoms with Gasteiger partial charge in [-0.2, -0.15) is 0 Å². The molecule has 0 bridgehead atoms. The number of benzene rings is 1. The SMILES string of the molecule is CCCCCCCCCCCC(O)CCOc1ccc(C(=O)OC)cc1. The summed E-state index contributed by atoms with van der Waals surface area (Å²) in [7, 11) is 1.36. The summed E-state index contributed by atoms with van der Waals surface area (Å²) >= 11 is 0. The summed E-state index contributed by atoms with van der Waals surface area (Å²) in [4.78, 5) is 11.4. The molecular weight excluding hydrogens is 328 g/mol. The summed E-state index contributed by atoms with van der Waals surface area (Å²) in [5, 5.41) is 10.0. The maximum absolute atomic E-state index is 11.4. The van der Waals surface area contributed by atoms with Gasteiger partial charge in [-0.25, -0.2) is 4.79 Å². The van der Waals surface area contributed by atoms with Gasteiger partial charge in [0.1, 0.15) is 5.75 Å². The molecule has 0 radical (unpaired) electrons. The summed E-state index contributed by atoms with van der Waals surface area (Å²) in [6, 6.07) is 6.86. The van der Waals surface area contributed by atoms with Crippen LogP contribution in [-0.4, -0.2) is 30.9 Å². The van der Waals surface area contributed by atoms with Gasteiger partial charge in [0, 0.05) is 6.42 Å². The van der Waals surface area contributed by atoms with Crippen molar-refractivity contribution in [2.24, 2.45) is 0 Å². The van der Waals surface area contributed by atoms with Crippen molar-refractivity contribution >= 4 is 5.97 Å². The maximum atomic E-state index is 11.4. The van der Waals surface area contributed by atoms with Crippen LogP contribution in [0.15, 0.2) is 24.3 Å². The lowest BCUT2D eigenvalue weighted by Crippen LogP contribution is -2.12. The van der Waals surface area contributed by atoms with E-state index < -0.39 is 0 Å². The molecule has 0 aliphatic rings. The Morgan fingerprint density at radius 1 is 0.923 bits per heavy atom. The van der Waals surface area contributed by atoms with Crippen LogP contribution in [0.5, 0.6) is 5.75 Å². The molecular formula is C22H36O4. The molecule has 1 unspecified atom stereocenters. The summed E-state index contributed by atoms with van der Waals surface area (Å²) in [5.41, 5.74) is 0.505. The second-order valence-corrected chi connectivity index (χ2v) is 6.92. The quantitative estimate of drug-likeness (QED) is 0.329. The van der Waals surface area contributed by atoms with Crippen molar-refractivity contribution < 1.29 is 19.4 Å². The molecule has 26 heavy (non-hydrogen) atoms. The van der Waals surface area contributed by atoms with E-state index in [1.54, 1.807) is 24.3 Å². The molecule has 0 spiro atoms. The number of methoxy groups -OCH3 is 1. The molecule has 1 aromatic rings. The molecule has 1 rings (SSSR count). The largest absolute Gasteiger partial charge is 0.493 e. The smallest absolute Gasteiger partial charge is 0.337 e. The van der Waals surface area contributed by atoms with Gasteiger partial charge in [-0.05, 0) is 30.7 Å². The first-order valence-corrected chi connectivity index (χ1v) is 10.2. The number of hydrogen-bond donors (Lipinski definition) is 1. The first kappa shape index (κ1) is 22.5. The number of aliphatic hydroxyl groups excluding tert-OH is 1. The third-order valence-corrected chi connectivity index (χ3v) is 4.64. The summed E-state index contributed by atoms with van der Waals surface area (Å²) in [6.45, 7) is 2.73. The standard InChI is InChI=1S/C22H36O4/c1-3-4-5-6-7-8-9-10-11-12-20(23)17-18-26-21-15-13-19(14-16-21)22(24)25-2/h13-16,20,23H,3-12,17-18H2,1-2H3. The van der Waals surface area contributed by atoms with Gasteiger partial charge in [0.2, 0.25) is 0 Å². The molecule has 148 valence electrons. The zero-order valence-corrected chi connectivity index (χ0v) is 16.5. The van der Waals surface area contributed by atoms with Crippen LogP contribution in [0.4, 0.5) is 0 Å². The molecule has 0 saturated heterocycles. The van der Waals surface area contributed by atoms with Gasteiger partial charge in [-0.1, -0.05) is 64.7 Å². The molecule has 4 heteroatoms. The fourth-order valence-electron chi connectivity index (χ4n) is 2.95. The lowest BCUT2D eigenvalue weighted by molar-refractivity contribution is 0.0600. The van der Waals surface area contributed by atoms with E-state index >= 15 is 0 Å². The van der Waals surface area contributed by atoms with E-state index in [-0.39, 0.29) is 12.1 Å². The van der Waals surface area contributed by atoms with Gasteiger partial charge < -0.3 is 14.6 Å². The lowest BCUT2D eigenvalue weighted by atomic mass is 10.0. The van der Waals surface area contributed by atoms with Crippen LogP contribution in [0.25, 0.3) is 0 Å². The highest BCUT2D eigenvalue weighted by molar-refractivity contribution is 5.89. The van der Waals surface area contributed by atoms with Crippen molar-refractivity contribution in [1.82, 2.24) is 0 Å². The number of rotatable bonds is 15. The Kier molecular flexibility index (Phi) is 12.6. The van der Waals surface area contributed by atoms with Crippen molar-refractivity contribution in [1.29, 1.82) is 0 Å². The van der Waals surface area contributed by atoms with Crippen molar-refractivity contribution in [2.75, 3.05) is 13.7 Å². The molecule has 0 aromatic heterocycles. The summed E-state index contributed by atoms with van der Waals surface area (Å²) < 4.78 is 10.3. The summed E-state index contributed by atoms with van der Waals surface area (Å²) in [6.07, 6.45) is 12.9. The van der Waals surface area contributed by atoms with Crippen molar-refractivity contribution in [3.8, 4) is 5.75 Å². The van der Waals surface area contributed by atoms with Gasteiger partial charge in [0.25, 0.3) is 0 Å². The molecule has 0 heterocycles. The van der Waals surface area contributed by atoms with E-state index in [1.807, 2.05) is 0 Å². The highest BCUT2D eigenvalue weighted by Gasteiger charge is 2.06. The molecule has 1 N–H and O–H groups in total. The fraction of sp³-hybridized carbons (Fsp3) is 0.682. The highest BCUT2D eigenvalue weighted by atomic mass is 16.5. The zero-order valence-electron chi connectivity index (χ0n) is 16.5. The number of unbranched alkanes of at least 4 members (excludes halogenated alkanes) is 8. The van der Waals surface area contributed by atoms with Gasteiger partial charge in [-0.3, -0.25) is 0 Å². The molecule has 0 aliphatic carbocycles. The van der Waals surface area contributed by atoms with Gasteiger partial charge >= 0.3 is 5.97 Å². The van der Waals surface area contributed by atoms with Crippen LogP contribution >= 0.6 is 0 Å².